The van der Waals surface area contributed by atoms with E-state index in [0.29, 0.717) is 24.2 Å². The standard InChI is InChI=1S/C63H64N4O2.2O.W/c1-41-45(5)61(66(53-23-15-11-16-24-53)54-25-17-12-18-26-54)46(6)42(2)59(41)49-31-33-51(57(68)35-49)37-64-39-63(9,10)40-65-38-52-34-32-50(36-58(52)69)60-43(3)47(7)62(48(8)44(60)4)67(55-27-19-13-20-28-55)56-29-21-14-22-30-56;;;/h11-38,68-69H,39-40H2,1-10H3;;;. The number of para-hydroxylation sites is 4. The fraction of sp³-hybridized carbons (Fsp3) is 0.206. The van der Waals surface area contributed by atoms with Crippen LogP contribution >= 0.6 is 0 Å². The monoisotopic (exact) mass is 1120 g/mol. The SMILES string of the molecule is Cc1c(C)c(N(c2ccccc2)c2ccccc2)c(C)c(C)c1-c1ccc(C=NCC(C)(C)CN=Cc2ccc(-c3c(C)c(C)c(N(c4ccccc4)c4ccccc4)c(C)c3C)cc2O)c(O)c1.[O]=[W]=[O]. The molecule has 0 spiro atoms. The van der Waals surface area contributed by atoms with E-state index < -0.39 is 18.5 Å². The van der Waals surface area contributed by atoms with Crippen LogP contribution < -0.4 is 9.80 Å². The number of phenolic OH excluding ortho intramolecular Hbond substituents is 2. The van der Waals surface area contributed by atoms with Gasteiger partial charge in [0, 0.05) is 64.8 Å². The molecular weight excluding hydrogens is 1060 g/mol. The van der Waals surface area contributed by atoms with Crippen molar-refractivity contribution in [2.24, 2.45) is 15.4 Å². The van der Waals surface area contributed by atoms with Crippen molar-refractivity contribution in [1.29, 1.82) is 0 Å². The van der Waals surface area contributed by atoms with E-state index in [2.05, 4.69) is 188 Å². The summed E-state index contributed by atoms with van der Waals surface area (Å²) in [5.41, 5.74) is 21.5. The molecule has 0 saturated heterocycles. The summed E-state index contributed by atoms with van der Waals surface area (Å²) in [7, 11) is 0. The number of nitrogens with zero attached hydrogens (tertiary/aromatic N) is 4. The molecule has 0 atom stereocenters. The van der Waals surface area contributed by atoms with Crippen LogP contribution in [0.2, 0.25) is 0 Å². The van der Waals surface area contributed by atoms with Crippen molar-refractivity contribution in [3.63, 3.8) is 0 Å². The second-order valence-electron chi connectivity index (χ2n) is 19.2. The quantitative estimate of drug-likeness (QED) is 0.105. The number of phenols is 2. The maximum atomic E-state index is 11.4. The normalized spacial score (nSPS) is 11.4. The minimum absolute atomic E-state index is 0.187. The van der Waals surface area contributed by atoms with Gasteiger partial charge in [-0.1, -0.05) is 98.8 Å². The van der Waals surface area contributed by atoms with Crippen LogP contribution in [0.15, 0.2) is 168 Å². The molecule has 0 heterocycles. The molecule has 0 aliphatic rings. The van der Waals surface area contributed by atoms with Crippen molar-refractivity contribution >= 4 is 46.6 Å². The summed E-state index contributed by atoms with van der Waals surface area (Å²) in [6, 6.07) is 53.8. The number of benzene rings is 8. The second-order valence-corrected chi connectivity index (χ2v) is 19.7. The van der Waals surface area contributed by atoms with Crippen LogP contribution in [0.25, 0.3) is 22.3 Å². The van der Waals surface area contributed by atoms with Crippen molar-refractivity contribution in [3.05, 3.63) is 213 Å². The van der Waals surface area contributed by atoms with E-state index in [-0.39, 0.29) is 16.9 Å². The van der Waals surface area contributed by atoms with Crippen molar-refractivity contribution in [2.45, 2.75) is 69.2 Å². The van der Waals surface area contributed by atoms with E-state index in [1.807, 2.05) is 48.5 Å². The zero-order valence-electron chi connectivity index (χ0n) is 43.0. The van der Waals surface area contributed by atoms with Gasteiger partial charge in [-0.2, -0.15) is 0 Å². The summed E-state index contributed by atoms with van der Waals surface area (Å²) in [5.74, 6) is 0.375. The predicted molar refractivity (Wildman–Crippen MR) is 294 cm³/mol. The number of aromatic hydroxyl groups is 2. The molecule has 8 nitrogen and oxygen atoms in total. The molecule has 0 aliphatic heterocycles. The summed E-state index contributed by atoms with van der Waals surface area (Å²) in [6.45, 7) is 22.8. The van der Waals surface area contributed by atoms with Gasteiger partial charge in [0.25, 0.3) is 0 Å². The first-order chi connectivity index (χ1) is 34.6. The van der Waals surface area contributed by atoms with Crippen LogP contribution in [0.5, 0.6) is 11.5 Å². The first-order valence-corrected chi connectivity index (χ1v) is 26.6. The molecule has 0 unspecified atom stereocenters. The first-order valence-electron chi connectivity index (χ1n) is 24.2. The number of rotatable bonds is 14. The van der Waals surface area contributed by atoms with Gasteiger partial charge in [-0.25, -0.2) is 0 Å². The fourth-order valence-corrected chi connectivity index (χ4v) is 9.69. The molecular formula is C63H64N4O4W. The molecule has 0 radical (unpaired) electrons. The van der Waals surface area contributed by atoms with E-state index in [9.17, 15) is 10.2 Å². The minimum atomic E-state index is -2.25. The van der Waals surface area contributed by atoms with Gasteiger partial charge in [0.2, 0.25) is 0 Å². The van der Waals surface area contributed by atoms with Gasteiger partial charge in [0.05, 0.1) is 11.4 Å². The van der Waals surface area contributed by atoms with Gasteiger partial charge < -0.3 is 20.0 Å². The van der Waals surface area contributed by atoms with Crippen LogP contribution in [-0.2, 0) is 25.3 Å². The Morgan fingerprint density at radius 1 is 0.431 bits per heavy atom. The third kappa shape index (κ3) is 11.4. The Bertz CT molecular complexity index is 2940. The van der Waals surface area contributed by atoms with Gasteiger partial charge in [-0.3, -0.25) is 9.98 Å². The van der Waals surface area contributed by atoms with Crippen molar-refractivity contribution in [1.82, 2.24) is 0 Å². The van der Waals surface area contributed by atoms with Crippen molar-refractivity contribution in [2.75, 3.05) is 22.9 Å². The Hall–Kier alpha value is -7.41. The first kappa shape index (κ1) is 52.4. The second kappa shape index (κ2) is 23.2. The third-order valence-electron chi connectivity index (χ3n) is 13.8. The summed E-state index contributed by atoms with van der Waals surface area (Å²) in [4.78, 5) is 14.2. The molecule has 366 valence electrons. The Kier molecular flexibility index (Phi) is 16.9. The van der Waals surface area contributed by atoms with Crippen LogP contribution in [0.1, 0.15) is 69.5 Å². The van der Waals surface area contributed by atoms with Gasteiger partial charge in [0.1, 0.15) is 11.5 Å². The Labute approximate surface area is 434 Å². The van der Waals surface area contributed by atoms with Gasteiger partial charge in [0.15, 0.2) is 0 Å². The van der Waals surface area contributed by atoms with Crippen molar-refractivity contribution < 1.29 is 35.5 Å². The van der Waals surface area contributed by atoms with E-state index in [1.54, 1.807) is 12.4 Å². The summed E-state index contributed by atoms with van der Waals surface area (Å²) in [6.07, 6.45) is 3.51. The average Bonchev–Trinajstić information content (AvgIpc) is 3.38. The third-order valence-corrected chi connectivity index (χ3v) is 13.8. The van der Waals surface area contributed by atoms with Gasteiger partial charge in [-0.15, -0.1) is 0 Å². The van der Waals surface area contributed by atoms with Crippen LogP contribution in [0.3, 0.4) is 0 Å². The molecule has 2 N–H and O–H groups in total. The molecule has 0 fully saturated rings. The number of hydrogen-bond acceptors (Lipinski definition) is 8. The molecule has 8 aromatic rings. The summed E-state index contributed by atoms with van der Waals surface area (Å²) >= 11 is -2.25. The van der Waals surface area contributed by atoms with Gasteiger partial charge in [-0.05, 0) is 195 Å². The molecule has 0 saturated carbocycles. The predicted octanol–water partition coefficient (Wildman–Crippen LogP) is 16.2. The van der Waals surface area contributed by atoms with Crippen LogP contribution in [-0.4, -0.2) is 35.7 Å². The number of hydrogen-bond donors (Lipinski definition) is 2. The Morgan fingerprint density at radius 3 is 0.944 bits per heavy atom. The average molecular weight is 1130 g/mol. The van der Waals surface area contributed by atoms with Crippen LogP contribution in [0, 0.1) is 60.8 Å². The van der Waals surface area contributed by atoms with Crippen molar-refractivity contribution in [3.8, 4) is 33.8 Å². The van der Waals surface area contributed by atoms with Crippen LogP contribution in [0.4, 0.5) is 34.1 Å². The van der Waals surface area contributed by atoms with E-state index >= 15 is 0 Å². The topological polar surface area (TPSA) is 106 Å². The molecule has 72 heavy (non-hydrogen) atoms. The number of aliphatic imine (C=N–C) groups is 2. The Balaban J connectivity index is 0.00000247. The maximum absolute atomic E-state index is 11.4. The van der Waals surface area contributed by atoms with E-state index in [4.69, 9.17) is 16.8 Å². The zero-order chi connectivity index (χ0) is 51.7. The Morgan fingerprint density at radius 2 is 0.694 bits per heavy atom. The van der Waals surface area contributed by atoms with Gasteiger partial charge >= 0.3 is 25.3 Å². The number of anilines is 6. The van der Waals surface area contributed by atoms with E-state index in [0.717, 1.165) is 45.0 Å². The molecule has 0 aromatic heterocycles. The molecule has 8 aromatic carbocycles. The molecule has 9 heteroatoms. The summed E-state index contributed by atoms with van der Waals surface area (Å²) < 4.78 is 17.1. The summed E-state index contributed by atoms with van der Waals surface area (Å²) in [5, 5.41) is 22.7. The zero-order valence-corrected chi connectivity index (χ0v) is 45.9. The van der Waals surface area contributed by atoms with E-state index in [1.165, 1.54) is 55.9 Å². The molecule has 0 bridgehead atoms. The molecule has 0 aliphatic carbocycles. The fourth-order valence-electron chi connectivity index (χ4n) is 9.69. The molecule has 0 amide bonds. The molecule has 8 rings (SSSR count).